The van der Waals surface area contributed by atoms with E-state index in [4.69, 9.17) is 15.5 Å². The average molecular weight is 444 g/mol. The number of nitrogens with zero attached hydrogens (tertiary/aromatic N) is 3. The monoisotopic (exact) mass is 444 g/mol. The fourth-order valence-corrected chi connectivity index (χ4v) is 3.35. The maximum Gasteiger partial charge on any atom is 0.191 e. The lowest BCUT2D eigenvalue weighted by molar-refractivity contribution is 0.0673. The molecule has 134 valence electrons. The first-order valence-corrected chi connectivity index (χ1v) is 8.67. The molecule has 2 aliphatic heterocycles. The lowest BCUT2D eigenvalue weighted by atomic mass is 10.0. The molecule has 5 nitrogen and oxygen atoms in total. The van der Waals surface area contributed by atoms with Gasteiger partial charge in [0.15, 0.2) is 5.96 Å². The number of nitrogens with two attached hydrogens (primary N) is 1. The Balaban J connectivity index is 0.00000208. The Morgan fingerprint density at radius 1 is 1.12 bits per heavy atom. The van der Waals surface area contributed by atoms with Gasteiger partial charge in [-0.3, -0.25) is 9.89 Å². The molecule has 2 saturated heterocycles. The van der Waals surface area contributed by atoms with Crippen molar-refractivity contribution in [2.45, 2.75) is 25.8 Å². The summed E-state index contributed by atoms with van der Waals surface area (Å²) < 4.78 is 5.38. The number of aliphatic imine (C=N–C) groups is 1. The topological polar surface area (TPSA) is 54.1 Å². The smallest absolute Gasteiger partial charge is 0.191 e. The maximum absolute atomic E-state index is 6.20. The van der Waals surface area contributed by atoms with E-state index in [0.29, 0.717) is 12.0 Å². The van der Waals surface area contributed by atoms with Crippen LogP contribution in [0.3, 0.4) is 0 Å². The highest BCUT2D eigenvalue weighted by Crippen LogP contribution is 2.25. The van der Waals surface area contributed by atoms with Crippen LogP contribution < -0.4 is 5.73 Å². The number of halogens is 1. The van der Waals surface area contributed by atoms with Crippen molar-refractivity contribution in [2.24, 2.45) is 10.7 Å². The standard InChI is InChI=1S/C18H28N4O.HI/c1-15-4-6-16(7-5-15)17(21-8-2-3-9-21)14-20-18(19)22-10-12-23-13-11-22;/h4-7,17H,2-3,8-14H2,1H3,(H2,19,20);1H. The number of guanidine groups is 1. The summed E-state index contributed by atoms with van der Waals surface area (Å²) in [5.74, 6) is 0.657. The Morgan fingerprint density at radius 2 is 1.75 bits per heavy atom. The Kier molecular flexibility index (Phi) is 7.77. The Bertz CT molecular complexity index is 522. The molecule has 2 fully saturated rings. The first kappa shape index (κ1) is 19.5. The van der Waals surface area contributed by atoms with Crippen LogP contribution in [0.1, 0.15) is 30.0 Å². The minimum atomic E-state index is 0. The lowest BCUT2D eigenvalue weighted by Gasteiger charge is -2.30. The number of hydrogen-bond donors (Lipinski definition) is 1. The molecule has 0 amide bonds. The summed E-state index contributed by atoms with van der Waals surface area (Å²) in [6.45, 7) is 8.34. The molecule has 1 atom stereocenters. The molecule has 6 heteroatoms. The van der Waals surface area contributed by atoms with Crippen LogP contribution in [0.15, 0.2) is 29.3 Å². The zero-order valence-electron chi connectivity index (χ0n) is 14.5. The highest BCUT2D eigenvalue weighted by molar-refractivity contribution is 14.0. The van der Waals surface area contributed by atoms with Gasteiger partial charge in [-0.05, 0) is 38.4 Å². The summed E-state index contributed by atoms with van der Waals surface area (Å²) in [5, 5.41) is 0. The van der Waals surface area contributed by atoms with Gasteiger partial charge < -0.3 is 15.4 Å². The van der Waals surface area contributed by atoms with E-state index >= 15 is 0 Å². The predicted molar refractivity (Wildman–Crippen MR) is 109 cm³/mol. The van der Waals surface area contributed by atoms with Crippen molar-refractivity contribution in [3.8, 4) is 0 Å². The van der Waals surface area contributed by atoms with Gasteiger partial charge in [-0.1, -0.05) is 29.8 Å². The zero-order valence-corrected chi connectivity index (χ0v) is 16.8. The Morgan fingerprint density at radius 3 is 2.38 bits per heavy atom. The van der Waals surface area contributed by atoms with E-state index < -0.39 is 0 Å². The molecule has 0 bridgehead atoms. The first-order valence-electron chi connectivity index (χ1n) is 8.67. The van der Waals surface area contributed by atoms with Crippen LogP contribution in [0.4, 0.5) is 0 Å². The van der Waals surface area contributed by atoms with Crippen LogP contribution >= 0.6 is 24.0 Å². The van der Waals surface area contributed by atoms with E-state index in [2.05, 4.69) is 41.0 Å². The molecule has 0 radical (unpaired) electrons. The second-order valence-corrected chi connectivity index (χ2v) is 6.47. The van der Waals surface area contributed by atoms with E-state index in [1.54, 1.807) is 0 Å². The summed E-state index contributed by atoms with van der Waals surface area (Å²) in [6.07, 6.45) is 2.57. The van der Waals surface area contributed by atoms with Crippen molar-refractivity contribution in [1.29, 1.82) is 0 Å². The average Bonchev–Trinajstić information content (AvgIpc) is 3.11. The summed E-state index contributed by atoms with van der Waals surface area (Å²) in [5.41, 5.74) is 8.84. The molecular weight excluding hydrogens is 415 g/mol. The fraction of sp³-hybridized carbons (Fsp3) is 0.611. The van der Waals surface area contributed by atoms with Crippen LogP contribution in [0.25, 0.3) is 0 Å². The summed E-state index contributed by atoms with van der Waals surface area (Å²) >= 11 is 0. The molecule has 0 aromatic heterocycles. The SMILES string of the molecule is Cc1ccc(C(CN=C(N)N2CCOCC2)N2CCCC2)cc1.I. The van der Waals surface area contributed by atoms with Gasteiger partial charge in [0.1, 0.15) is 0 Å². The largest absolute Gasteiger partial charge is 0.378 e. The van der Waals surface area contributed by atoms with Gasteiger partial charge in [-0.2, -0.15) is 0 Å². The Hall–Kier alpha value is -0.860. The van der Waals surface area contributed by atoms with E-state index in [0.717, 1.165) is 45.9 Å². The third-order valence-corrected chi connectivity index (χ3v) is 4.80. The summed E-state index contributed by atoms with van der Waals surface area (Å²) in [4.78, 5) is 9.38. The quantitative estimate of drug-likeness (QED) is 0.440. The number of benzene rings is 1. The summed E-state index contributed by atoms with van der Waals surface area (Å²) in [6, 6.07) is 9.18. The first-order chi connectivity index (χ1) is 11.2. The molecule has 0 saturated carbocycles. The number of morpholine rings is 1. The fourth-order valence-electron chi connectivity index (χ4n) is 3.35. The van der Waals surface area contributed by atoms with E-state index in [1.165, 1.54) is 24.0 Å². The second-order valence-electron chi connectivity index (χ2n) is 6.47. The molecular formula is C18H29IN4O. The third kappa shape index (κ3) is 5.07. The molecule has 2 heterocycles. The van der Waals surface area contributed by atoms with Crippen molar-refractivity contribution in [1.82, 2.24) is 9.80 Å². The molecule has 1 unspecified atom stereocenters. The number of hydrogen-bond acceptors (Lipinski definition) is 3. The van der Waals surface area contributed by atoms with Gasteiger partial charge in [-0.15, -0.1) is 24.0 Å². The molecule has 2 aliphatic rings. The minimum Gasteiger partial charge on any atom is -0.378 e. The Labute approximate surface area is 162 Å². The van der Waals surface area contributed by atoms with Crippen LogP contribution in [0.5, 0.6) is 0 Å². The van der Waals surface area contributed by atoms with E-state index in [9.17, 15) is 0 Å². The molecule has 3 rings (SSSR count). The molecule has 0 aliphatic carbocycles. The molecule has 2 N–H and O–H groups in total. The predicted octanol–water partition coefficient (Wildman–Crippen LogP) is 2.40. The van der Waals surface area contributed by atoms with Gasteiger partial charge in [0.05, 0.1) is 25.8 Å². The van der Waals surface area contributed by atoms with Crippen LogP contribution in [0, 0.1) is 6.92 Å². The van der Waals surface area contributed by atoms with E-state index in [-0.39, 0.29) is 24.0 Å². The molecule has 0 spiro atoms. The van der Waals surface area contributed by atoms with Gasteiger partial charge >= 0.3 is 0 Å². The normalized spacial score (nSPS) is 20.7. The minimum absolute atomic E-state index is 0. The van der Waals surface area contributed by atoms with Crippen LogP contribution in [0.2, 0.25) is 0 Å². The summed E-state index contributed by atoms with van der Waals surface area (Å²) in [7, 11) is 0. The van der Waals surface area contributed by atoms with E-state index in [1.807, 2.05) is 0 Å². The van der Waals surface area contributed by atoms with Crippen molar-refractivity contribution in [3.05, 3.63) is 35.4 Å². The van der Waals surface area contributed by atoms with Crippen molar-refractivity contribution >= 4 is 29.9 Å². The molecule has 24 heavy (non-hydrogen) atoms. The third-order valence-electron chi connectivity index (χ3n) is 4.80. The second kappa shape index (κ2) is 9.58. The molecule has 1 aromatic carbocycles. The highest BCUT2D eigenvalue weighted by Gasteiger charge is 2.23. The molecule has 1 aromatic rings. The number of likely N-dealkylation sites (tertiary alicyclic amines) is 1. The van der Waals surface area contributed by atoms with Crippen molar-refractivity contribution < 1.29 is 4.74 Å². The maximum atomic E-state index is 6.20. The number of ether oxygens (including phenoxy) is 1. The van der Waals surface area contributed by atoms with Crippen LogP contribution in [-0.4, -0.2) is 61.7 Å². The van der Waals surface area contributed by atoms with Crippen LogP contribution in [-0.2, 0) is 4.74 Å². The van der Waals surface area contributed by atoms with Gasteiger partial charge in [0.2, 0.25) is 0 Å². The highest BCUT2D eigenvalue weighted by atomic mass is 127. The zero-order chi connectivity index (χ0) is 16.1. The van der Waals surface area contributed by atoms with Gasteiger partial charge in [0.25, 0.3) is 0 Å². The lowest BCUT2D eigenvalue weighted by Crippen LogP contribution is -2.45. The van der Waals surface area contributed by atoms with Gasteiger partial charge in [0, 0.05) is 13.1 Å². The van der Waals surface area contributed by atoms with Gasteiger partial charge in [-0.25, -0.2) is 0 Å². The van der Waals surface area contributed by atoms with Crippen molar-refractivity contribution in [3.63, 3.8) is 0 Å². The number of rotatable bonds is 4. The number of aryl methyl sites for hydroxylation is 1. The van der Waals surface area contributed by atoms with Crippen molar-refractivity contribution in [2.75, 3.05) is 45.9 Å².